The highest BCUT2D eigenvalue weighted by Gasteiger charge is 2.26. The van der Waals surface area contributed by atoms with Crippen LogP contribution in [0.25, 0.3) is 0 Å². The molecule has 5 nitrogen and oxygen atoms in total. The predicted molar refractivity (Wildman–Crippen MR) is 65.8 cm³/mol. The number of likely N-dealkylation sites (N-methyl/N-ethyl adjacent to an activating group) is 1. The van der Waals surface area contributed by atoms with E-state index in [9.17, 15) is 0 Å². The molecule has 5 heteroatoms. The molecule has 0 radical (unpaired) electrons. The van der Waals surface area contributed by atoms with Crippen LogP contribution in [0.1, 0.15) is 36.8 Å². The Morgan fingerprint density at radius 1 is 1.29 bits per heavy atom. The lowest BCUT2D eigenvalue weighted by Crippen LogP contribution is -2.31. The summed E-state index contributed by atoms with van der Waals surface area (Å²) in [6, 6.07) is 0.272. The van der Waals surface area contributed by atoms with Crippen LogP contribution in [0.15, 0.2) is 0 Å². The van der Waals surface area contributed by atoms with Crippen LogP contribution in [-0.2, 0) is 13.0 Å². The number of hydrogen-bond acceptors (Lipinski definition) is 4. The Morgan fingerprint density at radius 3 is 3.00 bits per heavy atom. The number of hydrogen-bond donors (Lipinski definition) is 1. The number of likely N-dealkylation sites (tertiary alicyclic amines) is 1. The molecular formula is C12H21N5. The molecule has 0 aliphatic carbocycles. The first kappa shape index (κ1) is 11.2. The molecule has 0 amide bonds. The van der Waals surface area contributed by atoms with Gasteiger partial charge in [0.05, 0.1) is 0 Å². The van der Waals surface area contributed by atoms with E-state index in [1.807, 2.05) is 0 Å². The van der Waals surface area contributed by atoms with Gasteiger partial charge in [0.1, 0.15) is 5.82 Å². The van der Waals surface area contributed by atoms with Crippen molar-refractivity contribution in [2.45, 2.75) is 44.2 Å². The van der Waals surface area contributed by atoms with Crippen LogP contribution in [0.4, 0.5) is 0 Å². The summed E-state index contributed by atoms with van der Waals surface area (Å²) in [6.07, 6.45) is 4.39. The smallest absolute Gasteiger partial charge is 0.155 e. The fourth-order valence-corrected chi connectivity index (χ4v) is 2.90. The van der Waals surface area contributed by atoms with E-state index in [4.69, 9.17) is 10.7 Å². The van der Waals surface area contributed by atoms with Gasteiger partial charge in [0, 0.05) is 31.5 Å². The maximum atomic E-state index is 5.97. The summed E-state index contributed by atoms with van der Waals surface area (Å²) in [5.74, 6) is 2.65. The maximum Gasteiger partial charge on any atom is 0.155 e. The maximum absolute atomic E-state index is 5.97. The first-order valence-corrected chi connectivity index (χ1v) is 6.60. The molecule has 17 heavy (non-hydrogen) atoms. The van der Waals surface area contributed by atoms with Crippen molar-refractivity contribution in [3.8, 4) is 0 Å². The van der Waals surface area contributed by atoms with Crippen molar-refractivity contribution in [2.24, 2.45) is 5.73 Å². The highest BCUT2D eigenvalue weighted by atomic mass is 15.4. The van der Waals surface area contributed by atoms with Crippen molar-refractivity contribution >= 4 is 0 Å². The van der Waals surface area contributed by atoms with E-state index >= 15 is 0 Å². The highest BCUT2D eigenvalue weighted by Crippen LogP contribution is 2.25. The Morgan fingerprint density at radius 2 is 2.18 bits per heavy atom. The topological polar surface area (TPSA) is 60.0 Å². The summed E-state index contributed by atoms with van der Waals surface area (Å²) in [5, 5.41) is 4.67. The van der Waals surface area contributed by atoms with Crippen molar-refractivity contribution in [2.75, 3.05) is 20.1 Å². The molecule has 1 aromatic heterocycles. The molecule has 2 unspecified atom stereocenters. The van der Waals surface area contributed by atoms with Crippen LogP contribution >= 0.6 is 0 Å². The van der Waals surface area contributed by atoms with Crippen LogP contribution in [0.5, 0.6) is 0 Å². The molecule has 1 aromatic rings. The number of piperidine rings is 1. The van der Waals surface area contributed by atoms with Gasteiger partial charge in [0.25, 0.3) is 0 Å². The van der Waals surface area contributed by atoms with Gasteiger partial charge in [-0.05, 0) is 32.9 Å². The molecule has 0 saturated carbocycles. The molecule has 0 spiro atoms. The summed E-state index contributed by atoms with van der Waals surface area (Å²) < 4.78 is 2.06. The van der Waals surface area contributed by atoms with Crippen molar-refractivity contribution in [3.63, 3.8) is 0 Å². The summed E-state index contributed by atoms with van der Waals surface area (Å²) in [5.41, 5.74) is 5.97. The first-order valence-electron chi connectivity index (χ1n) is 6.60. The second-order valence-corrected chi connectivity index (χ2v) is 5.46. The van der Waals surface area contributed by atoms with E-state index in [0.29, 0.717) is 5.92 Å². The van der Waals surface area contributed by atoms with Crippen molar-refractivity contribution in [1.29, 1.82) is 0 Å². The normalized spacial score (nSPS) is 30.2. The zero-order valence-electron chi connectivity index (χ0n) is 10.5. The van der Waals surface area contributed by atoms with Gasteiger partial charge < -0.3 is 10.6 Å². The van der Waals surface area contributed by atoms with Crippen LogP contribution in [0.3, 0.4) is 0 Å². The lowest BCUT2D eigenvalue weighted by Gasteiger charge is -2.27. The molecular weight excluding hydrogens is 214 g/mol. The second kappa shape index (κ2) is 4.38. The molecule has 1 fully saturated rings. The van der Waals surface area contributed by atoms with Crippen molar-refractivity contribution in [1.82, 2.24) is 19.7 Å². The Balaban J connectivity index is 1.79. The van der Waals surface area contributed by atoms with Crippen molar-refractivity contribution < 1.29 is 0 Å². The van der Waals surface area contributed by atoms with Gasteiger partial charge in [-0.2, -0.15) is 5.10 Å². The number of aromatic nitrogens is 3. The van der Waals surface area contributed by atoms with E-state index in [0.717, 1.165) is 37.6 Å². The molecule has 3 rings (SSSR count). The lowest BCUT2D eigenvalue weighted by atomic mass is 9.98. The third-order valence-electron chi connectivity index (χ3n) is 3.91. The van der Waals surface area contributed by atoms with Crippen LogP contribution in [0.2, 0.25) is 0 Å². The van der Waals surface area contributed by atoms with E-state index < -0.39 is 0 Å². The minimum absolute atomic E-state index is 0.272. The number of nitrogens with two attached hydrogens (primary N) is 1. The van der Waals surface area contributed by atoms with Gasteiger partial charge in [0.15, 0.2) is 5.82 Å². The van der Waals surface area contributed by atoms with Crippen LogP contribution in [-0.4, -0.2) is 45.8 Å². The van der Waals surface area contributed by atoms with Gasteiger partial charge in [-0.1, -0.05) is 0 Å². The van der Waals surface area contributed by atoms with Crippen LogP contribution in [0, 0.1) is 0 Å². The fraction of sp³-hybridized carbons (Fsp3) is 0.833. The predicted octanol–water partition coefficient (Wildman–Crippen LogP) is 0.361. The average Bonchev–Trinajstić information content (AvgIpc) is 2.72. The van der Waals surface area contributed by atoms with E-state index in [-0.39, 0.29) is 6.04 Å². The number of fused-ring (bicyclic) bond motifs is 1. The molecule has 2 aliphatic rings. The quantitative estimate of drug-likeness (QED) is 0.763. The fourth-order valence-electron chi connectivity index (χ4n) is 2.90. The Labute approximate surface area is 102 Å². The molecule has 0 bridgehead atoms. The first-order chi connectivity index (χ1) is 8.22. The summed E-state index contributed by atoms with van der Waals surface area (Å²) in [7, 11) is 2.18. The Kier molecular flexibility index (Phi) is 2.88. The highest BCUT2D eigenvalue weighted by molar-refractivity contribution is 5.04. The summed E-state index contributed by atoms with van der Waals surface area (Å²) in [4.78, 5) is 7.08. The molecule has 2 N–H and O–H groups in total. The SMILES string of the molecule is CN1CCCC(c2nc3n(n2)CCC(N)C3)C1. The third kappa shape index (κ3) is 2.21. The average molecular weight is 235 g/mol. The Bertz CT molecular complexity index is 400. The minimum atomic E-state index is 0.272. The largest absolute Gasteiger partial charge is 0.327 e. The van der Waals surface area contributed by atoms with Gasteiger partial charge >= 0.3 is 0 Å². The van der Waals surface area contributed by atoms with Gasteiger partial charge in [0.2, 0.25) is 0 Å². The third-order valence-corrected chi connectivity index (χ3v) is 3.91. The molecule has 3 heterocycles. The van der Waals surface area contributed by atoms with Crippen LogP contribution < -0.4 is 5.73 Å². The number of rotatable bonds is 1. The van der Waals surface area contributed by atoms with Crippen molar-refractivity contribution in [3.05, 3.63) is 11.6 Å². The summed E-state index contributed by atoms with van der Waals surface area (Å²) >= 11 is 0. The van der Waals surface area contributed by atoms with E-state index in [1.54, 1.807) is 0 Å². The minimum Gasteiger partial charge on any atom is -0.327 e. The van der Waals surface area contributed by atoms with Gasteiger partial charge in [-0.15, -0.1) is 0 Å². The molecule has 2 aliphatic heterocycles. The molecule has 94 valence electrons. The molecule has 0 aromatic carbocycles. The Hall–Kier alpha value is -0.940. The molecule has 2 atom stereocenters. The van der Waals surface area contributed by atoms with E-state index in [2.05, 4.69) is 21.7 Å². The zero-order valence-corrected chi connectivity index (χ0v) is 10.5. The second-order valence-electron chi connectivity index (χ2n) is 5.46. The zero-order chi connectivity index (χ0) is 11.8. The number of aryl methyl sites for hydroxylation is 1. The van der Waals surface area contributed by atoms with Gasteiger partial charge in [-0.3, -0.25) is 0 Å². The standard InChI is InChI=1S/C12H21N5/c1-16-5-2-3-9(8-16)12-14-11-7-10(13)4-6-17(11)15-12/h9-10H,2-8,13H2,1H3. The molecule has 1 saturated heterocycles. The lowest BCUT2D eigenvalue weighted by molar-refractivity contribution is 0.245. The van der Waals surface area contributed by atoms with Gasteiger partial charge in [-0.25, -0.2) is 9.67 Å². The van der Waals surface area contributed by atoms with E-state index in [1.165, 1.54) is 19.4 Å². The monoisotopic (exact) mass is 235 g/mol. The number of nitrogens with zero attached hydrogens (tertiary/aromatic N) is 4. The summed E-state index contributed by atoms with van der Waals surface area (Å²) in [6.45, 7) is 3.23.